The summed E-state index contributed by atoms with van der Waals surface area (Å²) in [5.41, 5.74) is 1.12. The summed E-state index contributed by atoms with van der Waals surface area (Å²) in [6.07, 6.45) is 0. The monoisotopic (exact) mass is 322 g/mol. The van der Waals surface area contributed by atoms with Crippen molar-refractivity contribution in [2.45, 2.75) is 38.9 Å². The fourth-order valence-electron chi connectivity index (χ4n) is 2.95. The van der Waals surface area contributed by atoms with Gasteiger partial charge in [-0.05, 0) is 57.4 Å². The Morgan fingerprint density at radius 1 is 0.833 bits per heavy atom. The number of hydrogen-bond acceptors (Lipinski definition) is 4. The van der Waals surface area contributed by atoms with Gasteiger partial charge in [-0.3, -0.25) is 4.79 Å². The van der Waals surface area contributed by atoms with Gasteiger partial charge >= 0.3 is 7.12 Å². The van der Waals surface area contributed by atoms with E-state index in [1.807, 2.05) is 58.0 Å². The summed E-state index contributed by atoms with van der Waals surface area (Å²) < 4.78 is 18.0. The molecule has 0 spiro atoms. The maximum Gasteiger partial charge on any atom is 0.494 e. The van der Waals surface area contributed by atoms with Crippen LogP contribution in [0.5, 0.6) is 0 Å². The molecule has 1 saturated heterocycles. The minimum Gasteiger partial charge on any atom is -0.456 e. The minimum absolute atomic E-state index is 0.0368. The van der Waals surface area contributed by atoms with Crippen LogP contribution in [-0.4, -0.2) is 18.3 Å². The van der Waals surface area contributed by atoms with Crippen LogP contribution in [0.2, 0.25) is 0 Å². The molecule has 24 heavy (non-hydrogen) atoms. The zero-order valence-electron chi connectivity index (χ0n) is 14.3. The SMILES string of the molecule is CC1(C)OB(c2ccc3oc4ccccc4c(=O)c3c2)OC1(C)C. The summed E-state index contributed by atoms with van der Waals surface area (Å²) in [6.45, 7) is 8.04. The van der Waals surface area contributed by atoms with Gasteiger partial charge in [-0.2, -0.15) is 0 Å². The normalized spacial score (nSPS) is 19.2. The lowest BCUT2D eigenvalue weighted by Crippen LogP contribution is -2.41. The molecule has 0 aliphatic carbocycles. The van der Waals surface area contributed by atoms with Crippen molar-refractivity contribution in [3.05, 3.63) is 52.7 Å². The van der Waals surface area contributed by atoms with Crippen LogP contribution >= 0.6 is 0 Å². The molecule has 4 nitrogen and oxygen atoms in total. The van der Waals surface area contributed by atoms with E-state index in [9.17, 15) is 4.79 Å². The Morgan fingerprint density at radius 2 is 1.46 bits per heavy atom. The summed E-state index contributed by atoms with van der Waals surface area (Å²) in [6, 6.07) is 12.8. The topological polar surface area (TPSA) is 48.7 Å². The number of fused-ring (bicyclic) bond motifs is 2. The molecule has 3 aromatic rings. The highest BCUT2D eigenvalue weighted by Gasteiger charge is 2.51. The largest absolute Gasteiger partial charge is 0.494 e. The van der Waals surface area contributed by atoms with E-state index in [0.29, 0.717) is 21.9 Å². The number of hydrogen-bond donors (Lipinski definition) is 0. The molecule has 5 heteroatoms. The zero-order chi connectivity index (χ0) is 17.1. The van der Waals surface area contributed by atoms with Crippen LogP contribution in [0.25, 0.3) is 21.9 Å². The van der Waals surface area contributed by atoms with Gasteiger partial charge in [0.2, 0.25) is 5.43 Å². The van der Waals surface area contributed by atoms with Crippen LogP contribution in [0.3, 0.4) is 0 Å². The van der Waals surface area contributed by atoms with E-state index in [1.165, 1.54) is 0 Å². The molecule has 1 aliphatic rings. The van der Waals surface area contributed by atoms with Crippen molar-refractivity contribution < 1.29 is 13.7 Å². The molecule has 0 N–H and O–H groups in total. The molecule has 0 bridgehead atoms. The molecular weight excluding hydrogens is 303 g/mol. The summed E-state index contributed by atoms with van der Waals surface area (Å²) in [7, 11) is -0.495. The second-order valence-electron chi connectivity index (χ2n) is 7.27. The first-order valence-corrected chi connectivity index (χ1v) is 8.10. The van der Waals surface area contributed by atoms with Gasteiger partial charge in [-0.1, -0.05) is 18.2 Å². The molecular formula is C19H19BO4. The standard InChI is InChI=1S/C19H19BO4/c1-18(2)19(3,4)24-20(23-18)12-9-10-16-14(11-12)17(21)13-7-5-6-8-15(13)22-16/h5-11H,1-4H3. The molecule has 122 valence electrons. The second-order valence-corrected chi connectivity index (χ2v) is 7.27. The summed E-state index contributed by atoms with van der Waals surface area (Å²) >= 11 is 0. The Morgan fingerprint density at radius 3 is 2.17 bits per heavy atom. The van der Waals surface area contributed by atoms with Gasteiger partial charge in [0.05, 0.1) is 22.0 Å². The maximum atomic E-state index is 12.8. The highest BCUT2D eigenvalue weighted by atomic mass is 16.7. The van der Waals surface area contributed by atoms with Gasteiger partial charge in [0.15, 0.2) is 0 Å². The third kappa shape index (κ3) is 2.19. The third-order valence-electron chi connectivity index (χ3n) is 5.13. The van der Waals surface area contributed by atoms with Crippen molar-refractivity contribution in [1.29, 1.82) is 0 Å². The Kier molecular flexibility index (Phi) is 3.18. The molecule has 1 aromatic heterocycles. The molecule has 0 atom stereocenters. The lowest BCUT2D eigenvalue weighted by atomic mass is 9.78. The average Bonchev–Trinajstić information content (AvgIpc) is 2.75. The van der Waals surface area contributed by atoms with Crippen LogP contribution < -0.4 is 10.9 Å². The van der Waals surface area contributed by atoms with E-state index in [1.54, 1.807) is 12.1 Å². The van der Waals surface area contributed by atoms with E-state index in [0.717, 1.165) is 5.46 Å². The predicted molar refractivity (Wildman–Crippen MR) is 95.7 cm³/mol. The van der Waals surface area contributed by atoms with Crippen LogP contribution in [0.15, 0.2) is 51.7 Å². The van der Waals surface area contributed by atoms with Crippen LogP contribution in [0.4, 0.5) is 0 Å². The van der Waals surface area contributed by atoms with Gasteiger partial charge in [0.25, 0.3) is 0 Å². The third-order valence-corrected chi connectivity index (χ3v) is 5.13. The van der Waals surface area contributed by atoms with E-state index >= 15 is 0 Å². The quantitative estimate of drug-likeness (QED) is 0.510. The van der Waals surface area contributed by atoms with E-state index < -0.39 is 18.3 Å². The van der Waals surface area contributed by atoms with Gasteiger partial charge < -0.3 is 13.7 Å². The number of benzene rings is 2. The Labute approximate surface area is 140 Å². The first-order chi connectivity index (χ1) is 11.3. The molecule has 0 unspecified atom stereocenters. The van der Waals surface area contributed by atoms with Gasteiger partial charge in [-0.15, -0.1) is 0 Å². The lowest BCUT2D eigenvalue weighted by Gasteiger charge is -2.32. The van der Waals surface area contributed by atoms with Crippen molar-refractivity contribution in [1.82, 2.24) is 0 Å². The maximum absolute atomic E-state index is 12.8. The van der Waals surface area contributed by atoms with E-state index in [2.05, 4.69) is 0 Å². The Balaban J connectivity index is 1.86. The molecule has 0 amide bonds. The Hall–Kier alpha value is -2.11. The van der Waals surface area contributed by atoms with Crippen molar-refractivity contribution >= 4 is 34.5 Å². The Bertz CT molecular complexity index is 987. The predicted octanol–water partition coefficient (Wildman–Crippen LogP) is 3.25. The molecule has 2 heterocycles. The molecule has 2 aromatic carbocycles. The summed E-state index contributed by atoms with van der Waals surface area (Å²) in [5, 5.41) is 1.12. The fraction of sp³-hybridized carbons (Fsp3) is 0.316. The van der Waals surface area contributed by atoms with Crippen molar-refractivity contribution in [2.75, 3.05) is 0 Å². The zero-order valence-corrected chi connectivity index (χ0v) is 14.3. The fourth-order valence-corrected chi connectivity index (χ4v) is 2.95. The molecule has 4 rings (SSSR count). The lowest BCUT2D eigenvalue weighted by molar-refractivity contribution is 0.00578. The van der Waals surface area contributed by atoms with Crippen LogP contribution in [0.1, 0.15) is 27.7 Å². The van der Waals surface area contributed by atoms with Crippen molar-refractivity contribution in [2.24, 2.45) is 0 Å². The molecule has 1 fully saturated rings. The first-order valence-electron chi connectivity index (χ1n) is 8.10. The second kappa shape index (κ2) is 4.95. The van der Waals surface area contributed by atoms with Crippen molar-refractivity contribution in [3.63, 3.8) is 0 Å². The van der Waals surface area contributed by atoms with Gasteiger partial charge in [-0.25, -0.2) is 0 Å². The van der Waals surface area contributed by atoms with Crippen molar-refractivity contribution in [3.8, 4) is 0 Å². The minimum atomic E-state index is -0.495. The molecule has 1 aliphatic heterocycles. The molecule has 0 radical (unpaired) electrons. The highest BCUT2D eigenvalue weighted by molar-refractivity contribution is 6.62. The number of rotatable bonds is 1. The summed E-state index contributed by atoms with van der Waals surface area (Å²) in [4.78, 5) is 12.8. The first kappa shape index (κ1) is 15.4. The van der Waals surface area contributed by atoms with E-state index in [4.69, 9.17) is 13.7 Å². The number of para-hydroxylation sites is 1. The van der Waals surface area contributed by atoms with E-state index in [-0.39, 0.29) is 5.43 Å². The van der Waals surface area contributed by atoms with Gasteiger partial charge in [0.1, 0.15) is 11.2 Å². The van der Waals surface area contributed by atoms with Gasteiger partial charge in [0, 0.05) is 0 Å². The van der Waals surface area contributed by atoms with Crippen LogP contribution in [-0.2, 0) is 9.31 Å². The average molecular weight is 322 g/mol. The van der Waals surface area contributed by atoms with Crippen LogP contribution in [0, 0.1) is 0 Å². The molecule has 0 saturated carbocycles. The smallest absolute Gasteiger partial charge is 0.456 e. The summed E-state index contributed by atoms with van der Waals surface area (Å²) in [5.74, 6) is 0. The highest BCUT2D eigenvalue weighted by Crippen LogP contribution is 2.36.